The number of nitrogens with zero attached hydrogens (tertiary/aromatic N) is 2. The number of carboxylic acids is 1. The van der Waals surface area contributed by atoms with Crippen molar-refractivity contribution in [2.24, 2.45) is 0 Å². The first-order chi connectivity index (χ1) is 13.5. The van der Waals surface area contributed by atoms with E-state index in [1.807, 2.05) is 13.0 Å². The molecule has 28 heavy (non-hydrogen) atoms. The quantitative estimate of drug-likeness (QED) is 0.747. The molecular formula is C20H22N4O4. The molecule has 1 aromatic heterocycles. The van der Waals surface area contributed by atoms with Gasteiger partial charge in [0.2, 0.25) is 5.91 Å². The van der Waals surface area contributed by atoms with E-state index in [1.54, 1.807) is 24.4 Å². The number of carbonyl (C=O) groups excluding carboxylic acids is 1. The molecule has 1 amide bonds. The molecule has 2 aromatic rings. The van der Waals surface area contributed by atoms with Crippen LogP contribution in [0, 0.1) is 0 Å². The number of anilines is 4. The molecule has 3 N–H and O–H groups in total. The fourth-order valence-electron chi connectivity index (χ4n) is 3.75. The van der Waals surface area contributed by atoms with Crippen LogP contribution in [-0.2, 0) is 9.53 Å². The molecule has 1 fully saturated rings. The van der Waals surface area contributed by atoms with E-state index in [1.165, 1.54) is 6.07 Å². The predicted octanol–water partition coefficient (Wildman–Crippen LogP) is 2.85. The zero-order valence-corrected chi connectivity index (χ0v) is 15.5. The highest BCUT2D eigenvalue weighted by molar-refractivity contribution is 6.03. The van der Waals surface area contributed by atoms with Crippen molar-refractivity contribution in [1.29, 1.82) is 0 Å². The van der Waals surface area contributed by atoms with Crippen LogP contribution >= 0.6 is 0 Å². The first-order valence-corrected chi connectivity index (χ1v) is 9.30. The number of pyridine rings is 1. The second-order valence-electron chi connectivity index (χ2n) is 7.01. The first kappa shape index (κ1) is 18.2. The lowest BCUT2D eigenvalue weighted by atomic mass is 10.0. The van der Waals surface area contributed by atoms with Gasteiger partial charge in [-0.1, -0.05) is 6.07 Å². The van der Waals surface area contributed by atoms with Crippen molar-refractivity contribution in [2.75, 3.05) is 28.7 Å². The topological polar surface area (TPSA) is 104 Å². The molecule has 0 radical (unpaired) electrons. The molecule has 0 bridgehead atoms. The Hall–Kier alpha value is -3.13. The monoisotopic (exact) mass is 382 g/mol. The highest BCUT2D eigenvalue weighted by Gasteiger charge is 2.35. The van der Waals surface area contributed by atoms with E-state index in [-0.39, 0.29) is 23.6 Å². The SMILES string of the molecule is CC1C(=O)Nc2cnc(Nc3cccc(C(=O)O)c3)cc2N1C1CCOCC1. The number of ether oxygens (including phenoxy) is 1. The zero-order valence-electron chi connectivity index (χ0n) is 15.5. The number of benzene rings is 1. The average molecular weight is 382 g/mol. The minimum absolute atomic E-state index is 0.0457. The summed E-state index contributed by atoms with van der Waals surface area (Å²) in [6, 6.07) is 8.39. The van der Waals surface area contributed by atoms with Crippen LogP contribution < -0.4 is 15.5 Å². The van der Waals surface area contributed by atoms with Gasteiger partial charge in [0.25, 0.3) is 0 Å². The number of hydrogen-bond acceptors (Lipinski definition) is 6. The van der Waals surface area contributed by atoms with Gasteiger partial charge in [-0.2, -0.15) is 0 Å². The summed E-state index contributed by atoms with van der Waals surface area (Å²) < 4.78 is 5.47. The minimum Gasteiger partial charge on any atom is -0.478 e. The molecule has 0 aliphatic carbocycles. The lowest BCUT2D eigenvalue weighted by Gasteiger charge is -2.43. The number of hydrogen-bond donors (Lipinski definition) is 3. The number of aromatic nitrogens is 1. The van der Waals surface area contributed by atoms with Crippen LogP contribution in [0.5, 0.6) is 0 Å². The third kappa shape index (κ3) is 3.50. The number of carbonyl (C=O) groups is 2. The van der Waals surface area contributed by atoms with E-state index in [9.17, 15) is 9.59 Å². The maximum Gasteiger partial charge on any atom is 0.335 e. The van der Waals surface area contributed by atoms with E-state index in [0.717, 1.165) is 18.5 Å². The molecule has 2 aliphatic heterocycles. The lowest BCUT2D eigenvalue weighted by Crippen LogP contribution is -2.52. The van der Waals surface area contributed by atoms with Crippen molar-refractivity contribution >= 4 is 34.8 Å². The second kappa shape index (κ2) is 7.47. The standard InChI is InChI=1S/C20H22N4O4/c1-12-19(25)23-16-11-21-18(22-14-4-2-3-13(9-14)20(26)27)10-17(16)24(12)15-5-7-28-8-6-15/h2-4,9-12,15H,5-8H2,1H3,(H,21,22)(H,23,25)(H,26,27). The summed E-state index contributed by atoms with van der Waals surface area (Å²) in [6.45, 7) is 3.27. The molecule has 4 rings (SSSR count). The van der Waals surface area contributed by atoms with Gasteiger partial charge in [-0.15, -0.1) is 0 Å². The van der Waals surface area contributed by atoms with E-state index in [2.05, 4.69) is 20.5 Å². The van der Waals surface area contributed by atoms with Crippen LogP contribution in [0.15, 0.2) is 36.5 Å². The molecule has 1 saturated heterocycles. The number of aromatic carboxylic acids is 1. The van der Waals surface area contributed by atoms with Gasteiger partial charge in [0.1, 0.15) is 11.9 Å². The molecule has 146 valence electrons. The van der Waals surface area contributed by atoms with Crippen molar-refractivity contribution in [3.05, 3.63) is 42.1 Å². The Kier molecular flexibility index (Phi) is 4.87. The van der Waals surface area contributed by atoms with Gasteiger partial charge >= 0.3 is 5.97 Å². The van der Waals surface area contributed by atoms with Crippen LogP contribution in [0.3, 0.4) is 0 Å². The maximum absolute atomic E-state index is 12.4. The summed E-state index contributed by atoms with van der Waals surface area (Å²) in [5.41, 5.74) is 2.43. The Labute approximate surface area is 162 Å². The minimum atomic E-state index is -0.982. The van der Waals surface area contributed by atoms with Crippen molar-refractivity contribution in [1.82, 2.24) is 4.98 Å². The highest BCUT2D eigenvalue weighted by Crippen LogP contribution is 2.37. The second-order valence-corrected chi connectivity index (χ2v) is 7.01. The summed E-state index contributed by atoms with van der Waals surface area (Å²) in [7, 11) is 0. The third-order valence-electron chi connectivity index (χ3n) is 5.18. The van der Waals surface area contributed by atoms with Gasteiger partial charge < -0.3 is 25.4 Å². The van der Waals surface area contributed by atoms with Crippen LogP contribution in [0.4, 0.5) is 22.9 Å². The van der Waals surface area contributed by atoms with Gasteiger partial charge in [0.05, 0.1) is 23.1 Å². The van der Waals surface area contributed by atoms with Gasteiger partial charge in [-0.3, -0.25) is 4.79 Å². The summed E-state index contributed by atoms with van der Waals surface area (Å²) in [6.07, 6.45) is 3.36. The lowest BCUT2D eigenvalue weighted by molar-refractivity contribution is -0.117. The number of amides is 1. The van der Waals surface area contributed by atoms with E-state index in [0.29, 0.717) is 30.4 Å². The van der Waals surface area contributed by atoms with Gasteiger partial charge in [0.15, 0.2) is 0 Å². The number of fused-ring (bicyclic) bond motifs is 1. The maximum atomic E-state index is 12.4. The molecular weight excluding hydrogens is 360 g/mol. The normalized spacial score (nSPS) is 19.7. The smallest absolute Gasteiger partial charge is 0.335 e. The molecule has 3 heterocycles. The Morgan fingerprint density at radius 1 is 1.32 bits per heavy atom. The van der Waals surface area contributed by atoms with E-state index >= 15 is 0 Å². The highest BCUT2D eigenvalue weighted by atomic mass is 16.5. The van der Waals surface area contributed by atoms with Crippen LogP contribution in [0.25, 0.3) is 0 Å². The summed E-state index contributed by atoms with van der Waals surface area (Å²) in [5.74, 6) is -0.443. The predicted molar refractivity (Wildman–Crippen MR) is 105 cm³/mol. The number of carboxylic acid groups (broad SMARTS) is 1. The van der Waals surface area contributed by atoms with Crippen molar-refractivity contribution in [2.45, 2.75) is 31.8 Å². The van der Waals surface area contributed by atoms with E-state index < -0.39 is 5.97 Å². The Morgan fingerprint density at radius 3 is 2.86 bits per heavy atom. The molecule has 8 heteroatoms. The van der Waals surface area contributed by atoms with Gasteiger partial charge in [0, 0.05) is 31.0 Å². The number of rotatable bonds is 4. The summed E-state index contributed by atoms with van der Waals surface area (Å²) in [5, 5.41) is 15.2. The Bertz CT molecular complexity index is 911. The molecule has 1 unspecified atom stereocenters. The van der Waals surface area contributed by atoms with Crippen LogP contribution in [0.1, 0.15) is 30.1 Å². The van der Waals surface area contributed by atoms with Gasteiger partial charge in [-0.25, -0.2) is 9.78 Å². The third-order valence-corrected chi connectivity index (χ3v) is 5.18. The number of nitrogens with one attached hydrogen (secondary N) is 2. The van der Waals surface area contributed by atoms with Crippen LogP contribution in [-0.4, -0.2) is 47.3 Å². The van der Waals surface area contributed by atoms with Crippen LogP contribution in [0.2, 0.25) is 0 Å². The molecule has 0 spiro atoms. The van der Waals surface area contributed by atoms with E-state index in [4.69, 9.17) is 9.84 Å². The van der Waals surface area contributed by atoms with Crippen molar-refractivity contribution in [3.8, 4) is 0 Å². The summed E-state index contributed by atoms with van der Waals surface area (Å²) >= 11 is 0. The van der Waals surface area contributed by atoms with Crippen molar-refractivity contribution < 1.29 is 19.4 Å². The van der Waals surface area contributed by atoms with Crippen molar-refractivity contribution in [3.63, 3.8) is 0 Å². The Morgan fingerprint density at radius 2 is 2.11 bits per heavy atom. The first-order valence-electron chi connectivity index (χ1n) is 9.30. The van der Waals surface area contributed by atoms with Gasteiger partial charge in [-0.05, 0) is 38.0 Å². The largest absolute Gasteiger partial charge is 0.478 e. The molecule has 1 atom stereocenters. The molecule has 1 aromatic carbocycles. The Balaban J connectivity index is 1.66. The summed E-state index contributed by atoms with van der Waals surface area (Å²) in [4.78, 5) is 30.1. The zero-order chi connectivity index (χ0) is 19.7. The molecule has 8 nitrogen and oxygen atoms in total. The fourth-order valence-corrected chi connectivity index (χ4v) is 3.75. The molecule has 0 saturated carbocycles. The molecule has 2 aliphatic rings. The fraction of sp³-hybridized carbons (Fsp3) is 0.350. The average Bonchev–Trinajstić information content (AvgIpc) is 2.70.